The first-order valence-corrected chi connectivity index (χ1v) is 2.80. The molecule has 11 heavy (non-hydrogen) atoms. The van der Waals surface area contributed by atoms with Gasteiger partial charge in [0, 0.05) is 7.05 Å². The van der Waals surface area contributed by atoms with Gasteiger partial charge in [0.2, 0.25) is 0 Å². The van der Waals surface area contributed by atoms with Crippen LogP contribution in [0.2, 0.25) is 0 Å². The number of hydrogen-bond donors (Lipinski definition) is 1. The molecule has 0 aromatic carbocycles. The van der Waals surface area contributed by atoms with Gasteiger partial charge >= 0.3 is 0 Å². The van der Waals surface area contributed by atoms with Crippen molar-refractivity contribution in [1.29, 1.82) is 0 Å². The molecular formula is C5H6F3N3. The maximum Gasteiger partial charge on any atom is 0.285 e. The maximum atomic E-state index is 12.6. The number of anilines is 1. The lowest BCUT2D eigenvalue weighted by molar-refractivity contribution is 0.140. The van der Waals surface area contributed by atoms with Crippen LogP contribution in [0, 0.1) is 5.82 Å². The Morgan fingerprint density at radius 1 is 1.55 bits per heavy atom. The second kappa shape index (κ2) is 2.44. The molecule has 0 amide bonds. The molecule has 0 aliphatic rings. The first-order chi connectivity index (χ1) is 5.04. The minimum Gasteiger partial charge on any atom is -0.381 e. The van der Waals surface area contributed by atoms with Gasteiger partial charge in [-0.25, -0.2) is 17.9 Å². The Morgan fingerprint density at radius 3 is 2.27 bits per heavy atom. The Kier molecular flexibility index (Phi) is 1.76. The highest BCUT2D eigenvalue weighted by molar-refractivity contribution is 5.33. The summed E-state index contributed by atoms with van der Waals surface area (Å²) in [6.45, 7) is 0. The summed E-state index contributed by atoms with van der Waals surface area (Å²) in [5.74, 6) is -1.51. The molecule has 6 heteroatoms. The topological polar surface area (TPSA) is 43.8 Å². The van der Waals surface area contributed by atoms with Crippen molar-refractivity contribution >= 4 is 5.82 Å². The molecule has 1 aromatic rings. The standard InChI is InChI=1S/C5H6F3N3/c1-11-5(9)2(6)3(10-11)4(7)8/h4H,9H2,1H3. The van der Waals surface area contributed by atoms with Crippen LogP contribution >= 0.6 is 0 Å². The Morgan fingerprint density at radius 2 is 2.09 bits per heavy atom. The zero-order valence-corrected chi connectivity index (χ0v) is 5.68. The first kappa shape index (κ1) is 7.90. The maximum absolute atomic E-state index is 12.6. The molecule has 0 spiro atoms. The average Bonchev–Trinajstić information content (AvgIpc) is 2.17. The Bertz CT molecular complexity index is 268. The lowest BCUT2D eigenvalue weighted by atomic mass is 10.4. The number of aromatic nitrogens is 2. The van der Waals surface area contributed by atoms with Crippen molar-refractivity contribution in [3.05, 3.63) is 11.5 Å². The molecule has 62 valence electrons. The highest BCUT2D eigenvalue weighted by Crippen LogP contribution is 2.23. The lowest BCUT2D eigenvalue weighted by Gasteiger charge is -1.89. The Hall–Kier alpha value is -1.20. The van der Waals surface area contributed by atoms with Crippen LogP contribution in [0.3, 0.4) is 0 Å². The van der Waals surface area contributed by atoms with Gasteiger partial charge in [0.1, 0.15) is 0 Å². The van der Waals surface area contributed by atoms with E-state index in [1.165, 1.54) is 7.05 Å². The minimum absolute atomic E-state index is 0.375. The highest BCUT2D eigenvalue weighted by atomic mass is 19.3. The Balaban J connectivity index is 3.19. The normalized spacial score (nSPS) is 11.0. The van der Waals surface area contributed by atoms with Crippen LogP contribution in [-0.2, 0) is 7.05 Å². The average molecular weight is 165 g/mol. The fourth-order valence-electron chi connectivity index (χ4n) is 0.672. The van der Waals surface area contributed by atoms with E-state index in [2.05, 4.69) is 5.10 Å². The fraction of sp³-hybridized carbons (Fsp3) is 0.400. The van der Waals surface area contributed by atoms with E-state index in [4.69, 9.17) is 5.73 Å². The summed E-state index contributed by atoms with van der Waals surface area (Å²) in [4.78, 5) is 0. The van der Waals surface area contributed by atoms with Crippen molar-refractivity contribution in [3.8, 4) is 0 Å². The molecule has 0 bridgehead atoms. The third kappa shape index (κ3) is 1.15. The number of halogens is 3. The molecule has 1 rings (SSSR count). The number of nitrogen functional groups attached to an aromatic ring is 1. The largest absolute Gasteiger partial charge is 0.381 e. The molecule has 0 saturated heterocycles. The number of rotatable bonds is 1. The molecule has 0 radical (unpaired) electrons. The van der Waals surface area contributed by atoms with Crippen molar-refractivity contribution in [2.24, 2.45) is 7.05 Å². The molecule has 0 fully saturated rings. The lowest BCUT2D eigenvalue weighted by Crippen LogP contribution is -1.97. The van der Waals surface area contributed by atoms with Crippen molar-refractivity contribution < 1.29 is 13.2 Å². The van der Waals surface area contributed by atoms with E-state index in [1.807, 2.05) is 0 Å². The van der Waals surface area contributed by atoms with E-state index < -0.39 is 17.9 Å². The van der Waals surface area contributed by atoms with E-state index >= 15 is 0 Å². The van der Waals surface area contributed by atoms with E-state index in [0.29, 0.717) is 0 Å². The van der Waals surface area contributed by atoms with Crippen LogP contribution in [0.4, 0.5) is 19.0 Å². The summed E-state index contributed by atoms with van der Waals surface area (Å²) < 4.78 is 37.2. The summed E-state index contributed by atoms with van der Waals surface area (Å²) >= 11 is 0. The summed E-state index contributed by atoms with van der Waals surface area (Å²) in [5.41, 5.74) is 4.13. The molecule has 3 nitrogen and oxygen atoms in total. The van der Waals surface area contributed by atoms with Crippen molar-refractivity contribution in [2.75, 3.05) is 5.73 Å². The quantitative estimate of drug-likeness (QED) is 0.676. The predicted molar refractivity (Wildman–Crippen MR) is 32.5 cm³/mol. The molecule has 2 N–H and O–H groups in total. The zero-order valence-electron chi connectivity index (χ0n) is 5.68. The monoisotopic (exact) mass is 165 g/mol. The van der Waals surface area contributed by atoms with Gasteiger partial charge in [-0.2, -0.15) is 5.10 Å². The number of aryl methyl sites for hydroxylation is 1. The molecule has 1 heterocycles. The second-order valence-electron chi connectivity index (χ2n) is 2.01. The molecular weight excluding hydrogens is 159 g/mol. The van der Waals surface area contributed by atoms with Gasteiger partial charge in [0.25, 0.3) is 6.43 Å². The van der Waals surface area contributed by atoms with Gasteiger partial charge in [-0.3, -0.25) is 0 Å². The van der Waals surface area contributed by atoms with Gasteiger partial charge < -0.3 is 5.73 Å². The second-order valence-corrected chi connectivity index (χ2v) is 2.01. The number of nitrogens with zero attached hydrogens (tertiary/aromatic N) is 2. The molecule has 0 saturated carbocycles. The van der Waals surface area contributed by atoms with Crippen molar-refractivity contribution in [1.82, 2.24) is 9.78 Å². The van der Waals surface area contributed by atoms with Crippen LogP contribution in [0.15, 0.2) is 0 Å². The van der Waals surface area contributed by atoms with Crippen LogP contribution < -0.4 is 5.73 Å². The Labute approximate surface area is 60.6 Å². The van der Waals surface area contributed by atoms with E-state index in [0.717, 1.165) is 4.68 Å². The molecule has 0 aliphatic carbocycles. The number of alkyl halides is 2. The van der Waals surface area contributed by atoms with Gasteiger partial charge in [-0.05, 0) is 0 Å². The third-order valence-electron chi connectivity index (χ3n) is 1.26. The van der Waals surface area contributed by atoms with Crippen LogP contribution in [0.5, 0.6) is 0 Å². The zero-order chi connectivity index (χ0) is 8.59. The fourth-order valence-corrected chi connectivity index (χ4v) is 0.672. The van der Waals surface area contributed by atoms with Gasteiger partial charge in [0.05, 0.1) is 0 Å². The van der Waals surface area contributed by atoms with E-state index in [-0.39, 0.29) is 5.82 Å². The van der Waals surface area contributed by atoms with Crippen LogP contribution in [0.1, 0.15) is 12.1 Å². The van der Waals surface area contributed by atoms with Gasteiger partial charge in [0.15, 0.2) is 17.3 Å². The molecule has 0 unspecified atom stereocenters. The highest BCUT2D eigenvalue weighted by Gasteiger charge is 2.21. The van der Waals surface area contributed by atoms with Crippen LogP contribution in [-0.4, -0.2) is 9.78 Å². The third-order valence-corrected chi connectivity index (χ3v) is 1.26. The molecule has 0 atom stereocenters. The van der Waals surface area contributed by atoms with Gasteiger partial charge in [-0.15, -0.1) is 0 Å². The summed E-state index contributed by atoms with van der Waals surface area (Å²) in [5, 5.41) is 3.18. The minimum atomic E-state index is -2.92. The summed E-state index contributed by atoms with van der Waals surface area (Å²) in [6, 6.07) is 0. The van der Waals surface area contributed by atoms with Crippen molar-refractivity contribution in [3.63, 3.8) is 0 Å². The predicted octanol–water partition coefficient (Wildman–Crippen LogP) is 1.08. The van der Waals surface area contributed by atoms with Crippen LogP contribution in [0.25, 0.3) is 0 Å². The van der Waals surface area contributed by atoms with E-state index in [9.17, 15) is 13.2 Å². The SMILES string of the molecule is Cn1nc(C(F)F)c(F)c1N. The summed E-state index contributed by atoms with van der Waals surface area (Å²) in [6.07, 6.45) is -2.92. The van der Waals surface area contributed by atoms with E-state index in [1.54, 1.807) is 0 Å². The summed E-state index contributed by atoms with van der Waals surface area (Å²) in [7, 11) is 1.30. The first-order valence-electron chi connectivity index (χ1n) is 2.80. The smallest absolute Gasteiger partial charge is 0.285 e. The van der Waals surface area contributed by atoms with Gasteiger partial charge in [-0.1, -0.05) is 0 Å². The molecule has 1 aromatic heterocycles. The number of hydrogen-bond acceptors (Lipinski definition) is 2. The number of nitrogens with two attached hydrogens (primary N) is 1. The molecule has 0 aliphatic heterocycles. The van der Waals surface area contributed by atoms with Crippen molar-refractivity contribution in [2.45, 2.75) is 6.43 Å².